The Morgan fingerprint density at radius 1 is 1.14 bits per heavy atom. The number of aliphatic carboxylic acids is 1. The van der Waals surface area contributed by atoms with Crippen molar-refractivity contribution in [2.45, 2.75) is 38.6 Å². The molecule has 28 heavy (non-hydrogen) atoms. The van der Waals surface area contributed by atoms with Gasteiger partial charge >= 0.3 is 5.97 Å². The molecule has 2 atom stereocenters. The molecule has 0 radical (unpaired) electrons. The van der Waals surface area contributed by atoms with Crippen LogP contribution in [0.3, 0.4) is 0 Å². The molecule has 3 rings (SSSR count). The van der Waals surface area contributed by atoms with Crippen LogP contribution in [0, 0.1) is 23.4 Å². The number of unbranched alkanes of at least 4 members (excludes halogenated alkanes) is 1. The highest BCUT2D eigenvalue weighted by Crippen LogP contribution is 2.42. The first-order valence-electron chi connectivity index (χ1n) is 9.12. The van der Waals surface area contributed by atoms with E-state index in [2.05, 4.69) is 5.10 Å². The summed E-state index contributed by atoms with van der Waals surface area (Å²) in [5, 5.41) is 15.6. The minimum absolute atomic E-state index is 0.120. The topological polar surface area (TPSA) is 52.9 Å². The van der Waals surface area contributed by atoms with Crippen LogP contribution in [0.5, 0.6) is 0 Å². The van der Waals surface area contributed by atoms with Crippen LogP contribution in [-0.4, -0.2) is 22.3 Å². The first-order chi connectivity index (χ1) is 13.3. The zero-order chi connectivity index (χ0) is 20.5. The van der Waals surface area contributed by atoms with Crippen LogP contribution in [-0.2, 0) is 4.79 Å². The second-order valence-electron chi connectivity index (χ2n) is 7.05. The molecule has 2 unspecified atom stereocenters. The van der Waals surface area contributed by atoms with Gasteiger partial charge in [-0.2, -0.15) is 5.10 Å². The van der Waals surface area contributed by atoms with Gasteiger partial charge in [-0.25, -0.2) is 23.0 Å². The van der Waals surface area contributed by atoms with E-state index in [9.17, 15) is 23.1 Å². The fraction of sp³-hybridized carbons (Fsp3) is 0.333. The van der Waals surface area contributed by atoms with Gasteiger partial charge in [0.2, 0.25) is 0 Å². The first kappa shape index (κ1) is 19.9. The molecular weight excluding hydrogens is 369 g/mol. The maximum absolute atomic E-state index is 14.5. The number of carbonyl (C=O) groups is 1. The number of hydrogen-bond acceptors (Lipinski definition) is 3. The van der Waals surface area contributed by atoms with Crippen molar-refractivity contribution in [3.8, 4) is 0 Å². The Hall–Kier alpha value is -2.83. The van der Waals surface area contributed by atoms with Crippen LogP contribution in [0.1, 0.15) is 38.7 Å². The van der Waals surface area contributed by atoms with E-state index in [-0.39, 0.29) is 5.69 Å². The summed E-state index contributed by atoms with van der Waals surface area (Å²) in [6, 6.07) is 8.54. The lowest BCUT2D eigenvalue weighted by Crippen LogP contribution is -2.53. The summed E-state index contributed by atoms with van der Waals surface area (Å²) in [5.41, 5.74) is -0.677. The molecule has 0 spiro atoms. The highest BCUT2D eigenvalue weighted by molar-refractivity contribution is 6.09. The highest BCUT2D eigenvalue weighted by atomic mass is 19.1. The number of carboxylic acids is 1. The minimum atomic E-state index is -1.57. The summed E-state index contributed by atoms with van der Waals surface area (Å²) >= 11 is 0. The third-order valence-electron chi connectivity index (χ3n) is 5.21. The average molecular weight is 390 g/mol. The Labute approximate surface area is 161 Å². The van der Waals surface area contributed by atoms with Crippen molar-refractivity contribution in [2.24, 2.45) is 11.0 Å². The van der Waals surface area contributed by atoms with Crippen LogP contribution >= 0.6 is 0 Å². The number of halogens is 3. The molecular formula is C21H21F3N2O2. The molecule has 0 amide bonds. The third-order valence-corrected chi connectivity index (χ3v) is 5.21. The van der Waals surface area contributed by atoms with E-state index in [1.165, 1.54) is 37.3 Å². The van der Waals surface area contributed by atoms with E-state index in [0.717, 1.165) is 23.9 Å². The monoisotopic (exact) mass is 390 g/mol. The second kappa shape index (κ2) is 7.66. The Bertz CT molecular complexity index is 914. The molecule has 1 heterocycles. The van der Waals surface area contributed by atoms with Gasteiger partial charge in [0.25, 0.3) is 0 Å². The number of carboxylic acid groups (broad SMARTS) is 1. The van der Waals surface area contributed by atoms with Crippen molar-refractivity contribution in [3.63, 3.8) is 0 Å². The maximum Gasteiger partial charge on any atom is 0.332 e. The minimum Gasteiger partial charge on any atom is -0.479 e. The quantitative estimate of drug-likeness (QED) is 0.757. The predicted molar refractivity (Wildman–Crippen MR) is 101 cm³/mol. The van der Waals surface area contributed by atoms with E-state index in [1.807, 2.05) is 6.92 Å². The summed E-state index contributed by atoms with van der Waals surface area (Å²) < 4.78 is 41.2. The van der Waals surface area contributed by atoms with E-state index in [1.54, 1.807) is 0 Å². The van der Waals surface area contributed by atoms with E-state index in [0.29, 0.717) is 23.8 Å². The van der Waals surface area contributed by atoms with Crippen molar-refractivity contribution < 1.29 is 23.1 Å². The molecule has 0 fully saturated rings. The maximum atomic E-state index is 14.5. The van der Waals surface area contributed by atoms with Gasteiger partial charge in [-0.1, -0.05) is 31.9 Å². The zero-order valence-corrected chi connectivity index (χ0v) is 15.6. The number of hydrazone groups is 1. The van der Waals surface area contributed by atoms with Crippen LogP contribution in [0.15, 0.2) is 47.6 Å². The average Bonchev–Trinajstić information content (AvgIpc) is 2.94. The molecule has 0 aliphatic carbocycles. The standard InChI is InChI=1S/C21H21F3N2O2/c1-3-4-5-16-19(13-6-8-14(22)9-7-13)25-26(21(16,2)20(27)28)18-11-10-15(23)12-17(18)24/h6-12,16H,3-5H2,1-2H3,(H,27,28). The Morgan fingerprint density at radius 2 is 1.79 bits per heavy atom. The fourth-order valence-electron chi connectivity index (χ4n) is 3.60. The largest absolute Gasteiger partial charge is 0.479 e. The van der Waals surface area contributed by atoms with E-state index < -0.39 is 34.9 Å². The predicted octanol–water partition coefficient (Wildman–Crippen LogP) is 4.98. The fourth-order valence-corrected chi connectivity index (χ4v) is 3.60. The summed E-state index contributed by atoms with van der Waals surface area (Å²) in [6.45, 7) is 3.47. The van der Waals surface area contributed by atoms with Crippen molar-refractivity contribution in [1.29, 1.82) is 0 Å². The Morgan fingerprint density at radius 3 is 2.36 bits per heavy atom. The summed E-state index contributed by atoms with van der Waals surface area (Å²) in [6.07, 6.45) is 2.09. The molecule has 0 aromatic heterocycles. The van der Waals surface area contributed by atoms with E-state index in [4.69, 9.17) is 0 Å². The van der Waals surface area contributed by atoms with Crippen molar-refractivity contribution in [1.82, 2.24) is 0 Å². The lowest BCUT2D eigenvalue weighted by Gasteiger charge is -2.35. The van der Waals surface area contributed by atoms with Gasteiger partial charge in [-0.15, -0.1) is 0 Å². The summed E-state index contributed by atoms with van der Waals surface area (Å²) in [4.78, 5) is 12.3. The molecule has 2 aromatic rings. The first-order valence-corrected chi connectivity index (χ1v) is 9.12. The Balaban J connectivity index is 2.17. The van der Waals surface area contributed by atoms with Crippen molar-refractivity contribution >= 4 is 17.4 Å². The van der Waals surface area contributed by atoms with E-state index >= 15 is 0 Å². The molecule has 0 bridgehead atoms. The molecule has 7 heteroatoms. The van der Waals surface area contributed by atoms with Gasteiger partial charge in [-0.3, -0.25) is 0 Å². The van der Waals surface area contributed by atoms with Gasteiger partial charge in [0.15, 0.2) is 11.4 Å². The number of hydrogen-bond donors (Lipinski definition) is 1. The van der Waals surface area contributed by atoms with Crippen molar-refractivity contribution in [2.75, 3.05) is 5.01 Å². The number of nitrogens with zero attached hydrogens (tertiary/aromatic N) is 2. The van der Waals surface area contributed by atoms with Crippen LogP contribution in [0.25, 0.3) is 0 Å². The lowest BCUT2D eigenvalue weighted by molar-refractivity contribution is -0.143. The number of benzene rings is 2. The smallest absolute Gasteiger partial charge is 0.332 e. The molecule has 4 nitrogen and oxygen atoms in total. The Kier molecular flexibility index (Phi) is 5.45. The van der Waals surface area contributed by atoms with Gasteiger partial charge in [0, 0.05) is 12.0 Å². The normalized spacial score (nSPS) is 21.7. The molecule has 2 aromatic carbocycles. The SMILES string of the molecule is CCCCC1C(c2ccc(F)cc2)=NN(c2ccc(F)cc2F)C1(C)C(=O)O. The third kappa shape index (κ3) is 3.37. The molecule has 0 saturated heterocycles. The number of anilines is 1. The summed E-state index contributed by atoms with van der Waals surface area (Å²) in [5.74, 6) is -3.80. The van der Waals surface area contributed by atoms with Crippen LogP contribution < -0.4 is 5.01 Å². The van der Waals surface area contributed by atoms with Gasteiger partial charge in [-0.05, 0) is 43.2 Å². The zero-order valence-electron chi connectivity index (χ0n) is 15.6. The molecule has 1 aliphatic rings. The molecule has 0 saturated carbocycles. The molecule has 1 N–H and O–H groups in total. The lowest BCUT2D eigenvalue weighted by atomic mass is 9.77. The second-order valence-corrected chi connectivity index (χ2v) is 7.05. The van der Waals surface area contributed by atoms with Crippen molar-refractivity contribution in [3.05, 3.63) is 65.5 Å². The van der Waals surface area contributed by atoms with Crippen LogP contribution in [0.2, 0.25) is 0 Å². The highest BCUT2D eigenvalue weighted by Gasteiger charge is 2.54. The van der Waals surface area contributed by atoms with Crippen LogP contribution in [0.4, 0.5) is 18.9 Å². The van der Waals surface area contributed by atoms with Gasteiger partial charge < -0.3 is 5.11 Å². The molecule has 148 valence electrons. The number of rotatable bonds is 6. The molecule has 1 aliphatic heterocycles. The van der Waals surface area contributed by atoms with Gasteiger partial charge in [0.05, 0.1) is 11.4 Å². The van der Waals surface area contributed by atoms with Gasteiger partial charge in [0.1, 0.15) is 11.6 Å². The summed E-state index contributed by atoms with van der Waals surface area (Å²) in [7, 11) is 0.